The third-order valence-electron chi connectivity index (χ3n) is 6.09. The molecule has 2 rings (SSSR count). The van der Waals surface area contributed by atoms with Gasteiger partial charge in [-0.2, -0.15) is 0 Å². The predicted octanol–water partition coefficient (Wildman–Crippen LogP) is 6.20. The van der Waals surface area contributed by atoms with Crippen molar-refractivity contribution in [3.8, 4) is 0 Å². The lowest BCUT2D eigenvalue weighted by atomic mass is 9.89. The van der Waals surface area contributed by atoms with Gasteiger partial charge in [0.25, 0.3) is 0 Å². The van der Waals surface area contributed by atoms with Crippen molar-refractivity contribution in [2.45, 2.75) is 83.5 Å². The van der Waals surface area contributed by atoms with E-state index < -0.39 is 41.2 Å². The molecule has 0 aliphatic heterocycles. The molecule has 0 unspecified atom stereocenters. The lowest BCUT2D eigenvalue weighted by Crippen LogP contribution is -2.47. The summed E-state index contributed by atoms with van der Waals surface area (Å²) in [5, 5.41) is 0.104. The fourth-order valence-electron chi connectivity index (χ4n) is 2.69. The highest BCUT2D eigenvalue weighted by Gasteiger charge is 2.38. The minimum Gasteiger partial charge on any atom is -0.413 e. The highest BCUT2D eigenvalue weighted by Crippen LogP contribution is 2.37. The maximum atomic E-state index is 14.1. The molecule has 0 spiro atoms. The van der Waals surface area contributed by atoms with E-state index >= 15 is 0 Å². The molecule has 0 radical (unpaired) electrons. The Balaban J connectivity index is 2.39. The Kier molecular flexibility index (Phi) is 7.87. The van der Waals surface area contributed by atoms with Gasteiger partial charge in [-0.05, 0) is 75.2 Å². The Labute approximate surface area is 194 Å². The van der Waals surface area contributed by atoms with Crippen molar-refractivity contribution in [3.05, 3.63) is 65.0 Å². The number of nitrogens with one attached hydrogen (secondary N) is 1. The van der Waals surface area contributed by atoms with E-state index in [-0.39, 0.29) is 5.04 Å². The number of nitrogens with zero attached hydrogens (tertiary/aromatic N) is 1. The van der Waals surface area contributed by atoms with E-state index in [1.54, 1.807) is 13.1 Å². The molecule has 0 fully saturated rings. The second-order valence-electron chi connectivity index (χ2n) is 10.8. The first-order valence-corrected chi connectivity index (χ1v) is 14.8. The molecule has 0 aliphatic rings. The second kappa shape index (κ2) is 9.41. The van der Waals surface area contributed by atoms with E-state index in [1.807, 2.05) is 32.9 Å². The summed E-state index contributed by atoms with van der Waals surface area (Å²) in [6, 6.07) is 7.42. The molecule has 0 amide bonds. The number of pyridine rings is 1. The molecule has 2 aromatic rings. The molecule has 0 saturated carbocycles. The Hall–Kier alpha value is -1.48. The van der Waals surface area contributed by atoms with Crippen molar-refractivity contribution < 1.29 is 17.4 Å². The van der Waals surface area contributed by atoms with Gasteiger partial charge in [-0.15, -0.1) is 0 Å². The maximum Gasteiger partial charge on any atom is 0.192 e. The average molecular weight is 483 g/mol. The molecule has 2 atom stereocenters. The molecule has 32 heavy (non-hydrogen) atoms. The monoisotopic (exact) mass is 482 g/mol. The Morgan fingerprint density at radius 2 is 1.62 bits per heavy atom. The Morgan fingerprint density at radius 3 is 2.09 bits per heavy atom. The normalized spacial score (nSPS) is 16.0. The fraction of sp³-hybridized carbons (Fsp3) is 0.542. The molecule has 0 aliphatic carbocycles. The molecule has 178 valence electrons. The van der Waals surface area contributed by atoms with Gasteiger partial charge in [-0.1, -0.05) is 32.9 Å². The topological polar surface area (TPSA) is 51.2 Å². The molecule has 1 aromatic carbocycles. The molecular weight excluding hydrogens is 446 g/mol. The summed E-state index contributed by atoms with van der Waals surface area (Å²) >= 11 is 0. The Morgan fingerprint density at radius 1 is 1.00 bits per heavy atom. The van der Waals surface area contributed by atoms with E-state index in [0.29, 0.717) is 17.9 Å². The van der Waals surface area contributed by atoms with Gasteiger partial charge in [0.15, 0.2) is 20.0 Å². The van der Waals surface area contributed by atoms with Gasteiger partial charge in [-0.25, -0.2) is 17.7 Å². The van der Waals surface area contributed by atoms with Crippen LogP contribution >= 0.6 is 0 Å². The molecule has 1 N–H and O–H groups in total. The minimum atomic E-state index is -1.90. The largest absolute Gasteiger partial charge is 0.413 e. The van der Waals surface area contributed by atoms with E-state index in [1.165, 1.54) is 6.07 Å². The van der Waals surface area contributed by atoms with E-state index in [0.717, 1.165) is 17.7 Å². The summed E-state index contributed by atoms with van der Waals surface area (Å²) in [6.45, 7) is 18.7. The van der Waals surface area contributed by atoms with Crippen LogP contribution in [-0.2, 0) is 27.6 Å². The van der Waals surface area contributed by atoms with Crippen LogP contribution in [0.4, 0.5) is 8.78 Å². The van der Waals surface area contributed by atoms with Gasteiger partial charge in [0.2, 0.25) is 0 Å². The van der Waals surface area contributed by atoms with Crippen LogP contribution < -0.4 is 4.72 Å². The molecule has 4 nitrogen and oxygen atoms in total. The quantitative estimate of drug-likeness (QED) is 0.478. The first-order valence-electron chi connectivity index (χ1n) is 10.7. The number of hydrogen-bond acceptors (Lipinski definition) is 3. The van der Waals surface area contributed by atoms with Crippen LogP contribution in [0.15, 0.2) is 36.5 Å². The van der Waals surface area contributed by atoms with Gasteiger partial charge < -0.3 is 4.43 Å². The lowest BCUT2D eigenvalue weighted by Gasteiger charge is -2.36. The second-order valence-corrected chi connectivity index (χ2v) is 17.6. The van der Waals surface area contributed by atoms with Crippen molar-refractivity contribution in [2.75, 3.05) is 0 Å². The van der Waals surface area contributed by atoms with Crippen molar-refractivity contribution in [1.29, 1.82) is 0 Å². The summed E-state index contributed by atoms with van der Waals surface area (Å²) in [7, 11) is -3.38. The number of benzene rings is 1. The SMILES string of the molecule is CC(C)(C)[S@@](=O)N[C@@](C)(c1ccc(F)c(F)c1)c1ccc(CO[Si](C)(C)C(C)(C)C)cn1. The number of halogens is 2. The first kappa shape index (κ1) is 26.8. The van der Waals surface area contributed by atoms with Gasteiger partial charge in [0.05, 0.1) is 33.6 Å². The van der Waals surface area contributed by atoms with Crippen LogP contribution in [0.1, 0.15) is 65.3 Å². The van der Waals surface area contributed by atoms with Crippen molar-refractivity contribution >= 4 is 19.3 Å². The summed E-state index contributed by atoms with van der Waals surface area (Å²) in [4.78, 5) is 4.60. The summed E-state index contributed by atoms with van der Waals surface area (Å²) < 4.78 is 49.4. The summed E-state index contributed by atoms with van der Waals surface area (Å²) in [6.07, 6.45) is 1.72. The summed E-state index contributed by atoms with van der Waals surface area (Å²) in [5.41, 5.74) is 0.818. The van der Waals surface area contributed by atoms with Gasteiger partial charge in [0.1, 0.15) is 0 Å². The molecular formula is C24H36F2N2O2SSi. The van der Waals surface area contributed by atoms with Crippen LogP contribution in [0.5, 0.6) is 0 Å². The lowest BCUT2D eigenvalue weighted by molar-refractivity contribution is 0.276. The minimum absolute atomic E-state index is 0.104. The van der Waals surface area contributed by atoms with Gasteiger partial charge in [-0.3, -0.25) is 4.98 Å². The van der Waals surface area contributed by atoms with E-state index in [4.69, 9.17) is 4.43 Å². The Bertz CT molecular complexity index is 969. The third-order valence-corrected chi connectivity index (χ3v) is 12.3. The number of hydrogen-bond donors (Lipinski definition) is 1. The number of rotatable bonds is 7. The van der Waals surface area contributed by atoms with Crippen LogP contribution in [-0.4, -0.2) is 22.3 Å². The smallest absolute Gasteiger partial charge is 0.192 e. The van der Waals surface area contributed by atoms with Crippen LogP contribution in [0.25, 0.3) is 0 Å². The van der Waals surface area contributed by atoms with Crippen LogP contribution in [0.2, 0.25) is 18.1 Å². The molecule has 8 heteroatoms. The van der Waals surface area contributed by atoms with Gasteiger partial charge in [0, 0.05) is 6.20 Å². The third kappa shape index (κ3) is 6.10. The first-order chi connectivity index (χ1) is 14.5. The van der Waals surface area contributed by atoms with E-state index in [2.05, 4.69) is 43.6 Å². The average Bonchev–Trinajstić information content (AvgIpc) is 2.67. The standard InChI is InChI=1S/C24H36F2N2O2SSi/c1-22(2,3)31(29)28-24(7,18-11-12-19(25)20(26)14-18)21-13-10-17(15-27-21)16-30-32(8,9)23(4,5)6/h10-15,28H,16H2,1-9H3/t24-,31+/m0/s1. The van der Waals surface area contributed by atoms with E-state index in [9.17, 15) is 13.0 Å². The molecule has 1 aromatic heterocycles. The highest BCUT2D eigenvalue weighted by atomic mass is 32.2. The summed E-state index contributed by atoms with van der Waals surface area (Å²) in [5.74, 6) is -1.89. The van der Waals surface area contributed by atoms with Crippen molar-refractivity contribution in [3.63, 3.8) is 0 Å². The zero-order chi connectivity index (χ0) is 24.5. The maximum absolute atomic E-state index is 14.1. The zero-order valence-electron chi connectivity index (χ0n) is 20.6. The van der Waals surface area contributed by atoms with Crippen molar-refractivity contribution in [1.82, 2.24) is 9.71 Å². The molecule has 0 bridgehead atoms. The molecule has 0 saturated heterocycles. The van der Waals surface area contributed by atoms with Crippen LogP contribution in [0, 0.1) is 11.6 Å². The predicted molar refractivity (Wildman–Crippen MR) is 130 cm³/mol. The number of aromatic nitrogens is 1. The highest BCUT2D eigenvalue weighted by molar-refractivity contribution is 7.84. The van der Waals surface area contributed by atoms with Gasteiger partial charge >= 0.3 is 0 Å². The zero-order valence-corrected chi connectivity index (χ0v) is 22.4. The van der Waals surface area contributed by atoms with Crippen LogP contribution in [0.3, 0.4) is 0 Å². The fourth-order valence-corrected chi connectivity index (χ4v) is 4.55. The van der Waals surface area contributed by atoms with Crippen molar-refractivity contribution in [2.24, 2.45) is 0 Å². The molecule has 1 heterocycles.